The Morgan fingerprint density at radius 2 is 2.36 bits per heavy atom. The summed E-state index contributed by atoms with van der Waals surface area (Å²) in [7, 11) is 0. The molecule has 0 rings (SSSR count). The Hall–Kier alpha value is -0.380. The summed E-state index contributed by atoms with van der Waals surface area (Å²) in [6, 6.07) is 0. The minimum Gasteiger partial charge on any atom is -0.375 e. The van der Waals surface area contributed by atoms with Gasteiger partial charge >= 0.3 is 0 Å². The van der Waals surface area contributed by atoms with E-state index in [0.717, 1.165) is 0 Å². The van der Waals surface area contributed by atoms with Crippen LogP contribution in [-0.2, 0) is 14.6 Å². The summed E-state index contributed by atoms with van der Waals surface area (Å²) in [6.07, 6.45) is 1.68. The van der Waals surface area contributed by atoms with Gasteiger partial charge in [0.25, 0.3) is 0 Å². The lowest BCUT2D eigenvalue weighted by atomic mass is 10.4. The lowest BCUT2D eigenvalue weighted by molar-refractivity contribution is -0.0215. The fourth-order valence-electron chi connectivity index (χ4n) is 0.615. The predicted molar refractivity (Wildman–Crippen MR) is 42.0 cm³/mol. The molecule has 0 bridgehead atoms. The third-order valence-corrected chi connectivity index (χ3v) is 1.07. The summed E-state index contributed by atoms with van der Waals surface area (Å²) in [5.41, 5.74) is 0. The lowest BCUT2D eigenvalue weighted by Crippen LogP contribution is -2.17. The first kappa shape index (κ1) is 10.6. The Labute approximate surface area is 67.6 Å². The first-order valence-corrected chi connectivity index (χ1v) is 3.69. The van der Waals surface area contributed by atoms with E-state index in [1.807, 2.05) is 6.92 Å². The van der Waals surface area contributed by atoms with Gasteiger partial charge < -0.3 is 9.47 Å². The van der Waals surface area contributed by atoms with E-state index in [9.17, 15) is 5.11 Å². The maximum atomic E-state index is 9.98. The van der Waals surface area contributed by atoms with E-state index < -0.39 is 0 Å². The second-order valence-electron chi connectivity index (χ2n) is 2.21. The number of rotatable bonds is 7. The van der Waals surface area contributed by atoms with Crippen LogP contribution >= 0.6 is 0 Å². The largest absolute Gasteiger partial charge is 0.375 e. The quantitative estimate of drug-likeness (QED) is 0.411. The normalized spacial score (nSPS) is 12.9. The lowest BCUT2D eigenvalue weighted by Gasteiger charge is -2.10. The smallest absolute Gasteiger partial charge is 0.106 e. The SMILES string of the molecule is C=CCOCC(C)OCC[O]. The number of hydrogen-bond acceptors (Lipinski definition) is 2. The van der Waals surface area contributed by atoms with E-state index in [1.54, 1.807) is 6.08 Å². The molecule has 0 N–H and O–H groups in total. The van der Waals surface area contributed by atoms with Crippen molar-refractivity contribution in [1.82, 2.24) is 0 Å². The Balaban J connectivity index is 3.08. The Bertz CT molecular complexity index is 93.3. The molecule has 1 unspecified atom stereocenters. The fourth-order valence-corrected chi connectivity index (χ4v) is 0.615. The van der Waals surface area contributed by atoms with Crippen LogP contribution in [-0.4, -0.2) is 32.5 Å². The molecule has 0 aliphatic heterocycles. The molecule has 1 atom stereocenters. The topological polar surface area (TPSA) is 38.4 Å². The van der Waals surface area contributed by atoms with Crippen molar-refractivity contribution in [3.05, 3.63) is 12.7 Å². The molecular formula is C8H15O3. The van der Waals surface area contributed by atoms with Gasteiger partial charge in [0, 0.05) is 0 Å². The minimum atomic E-state index is -0.189. The molecule has 0 saturated carbocycles. The average molecular weight is 159 g/mol. The van der Waals surface area contributed by atoms with Gasteiger partial charge in [0.2, 0.25) is 0 Å². The van der Waals surface area contributed by atoms with Gasteiger partial charge in [-0.25, -0.2) is 5.11 Å². The Kier molecular flexibility index (Phi) is 7.46. The molecule has 0 spiro atoms. The van der Waals surface area contributed by atoms with Crippen molar-refractivity contribution in [2.24, 2.45) is 0 Å². The molecule has 0 heterocycles. The summed E-state index contributed by atoms with van der Waals surface area (Å²) in [6.45, 7) is 6.50. The summed E-state index contributed by atoms with van der Waals surface area (Å²) in [5, 5.41) is 9.98. The first-order valence-electron chi connectivity index (χ1n) is 3.69. The zero-order valence-electron chi connectivity index (χ0n) is 6.91. The van der Waals surface area contributed by atoms with Gasteiger partial charge in [-0.2, -0.15) is 0 Å². The molecular weight excluding hydrogens is 144 g/mol. The standard InChI is InChI=1S/C8H15O3/c1-3-5-10-7-8(2)11-6-4-9/h3,8H,1,4-7H2,2H3. The van der Waals surface area contributed by atoms with Crippen molar-refractivity contribution >= 4 is 0 Å². The van der Waals surface area contributed by atoms with E-state index in [-0.39, 0.29) is 19.3 Å². The third-order valence-electron chi connectivity index (χ3n) is 1.07. The molecule has 0 aromatic rings. The van der Waals surface area contributed by atoms with Crippen molar-refractivity contribution in [1.29, 1.82) is 0 Å². The highest BCUT2D eigenvalue weighted by Crippen LogP contribution is 1.91. The van der Waals surface area contributed by atoms with Crippen LogP contribution in [0.5, 0.6) is 0 Å². The maximum absolute atomic E-state index is 9.98. The monoisotopic (exact) mass is 159 g/mol. The van der Waals surface area contributed by atoms with Gasteiger partial charge in [-0.15, -0.1) is 6.58 Å². The van der Waals surface area contributed by atoms with E-state index in [0.29, 0.717) is 13.2 Å². The molecule has 65 valence electrons. The summed E-state index contributed by atoms with van der Waals surface area (Å²) in [5.74, 6) is 0. The molecule has 11 heavy (non-hydrogen) atoms. The fraction of sp³-hybridized carbons (Fsp3) is 0.750. The van der Waals surface area contributed by atoms with Crippen LogP contribution in [0.2, 0.25) is 0 Å². The molecule has 0 fully saturated rings. The van der Waals surface area contributed by atoms with Crippen LogP contribution in [0.1, 0.15) is 6.92 Å². The van der Waals surface area contributed by atoms with E-state index in [4.69, 9.17) is 9.47 Å². The van der Waals surface area contributed by atoms with E-state index in [2.05, 4.69) is 6.58 Å². The van der Waals surface area contributed by atoms with Crippen LogP contribution < -0.4 is 0 Å². The molecule has 0 aliphatic carbocycles. The van der Waals surface area contributed by atoms with Crippen LogP contribution in [0, 0.1) is 0 Å². The highest BCUT2D eigenvalue weighted by Gasteiger charge is 1.99. The highest BCUT2D eigenvalue weighted by molar-refractivity contribution is 4.64. The molecule has 0 aromatic heterocycles. The number of hydrogen-bond donors (Lipinski definition) is 0. The molecule has 3 nitrogen and oxygen atoms in total. The van der Waals surface area contributed by atoms with Crippen molar-refractivity contribution in [3.8, 4) is 0 Å². The summed E-state index contributed by atoms with van der Waals surface area (Å²) >= 11 is 0. The van der Waals surface area contributed by atoms with Crippen molar-refractivity contribution in [2.75, 3.05) is 26.4 Å². The Morgan fingerprint density at radius 1 is 1.64 bits per heavy atom. The van der Waals surface area contributed by atoms with Gasteiger partial charge in [0.1, 0.15) is 6.61 Å². The second-order valence-corrected chi connectivity index (χ2v) is 2.21. The van der Waals surface area contributed by atoms with Crippen LogP contribution in [0.4, 0.5) is 0 Å². The van der Waals surface area contributed by atoms with Crippen molar-refractivity contribution in [2.45, 2.75) is 13.0 Å². The zero-order chi connectivity index (χ0) is 8.53. The first-order chi connectivity index (χ1) is 5.31. The predicted octanol–water partition coefficient (Wildman–Crippen LogP) is 1.02. The minimum absolute atomic E-state index is 0.00361. The van der Waals surface area contributed by atoms with E-state index in [1.165, 1.54) is 0 Å². The van der Waals surface area contributed by atoms with Gasteiger partial charge in [0.05, 0.1) is 25.9 Å². The van der Waals surface area contributed by atoms with E-state index >= 15 is 0 Å². The highest BCUT2D eigenvalue weighted by atomic mass is 16.5. The maximum Gasteiger partial charge on any atom is 0.106 e. The third kappa shape index (κ3) is 7.52. The zero-order valence-corrected chi connectivity index (χ0v) is 6.91. The molecule has 1 radical (unpaired) electrons. The van der Waals surface area contributed by atoms with Gasteiger partial charge in [-0.05, 0) is 6.92 Å². The second kappa shape index (κ2) is 7.72. The molecule has 0 aromatic carbocycles. The molecule has 0 aliphatic rings. The number of ether oxygens (including phenoxy) is 2. The average Bonchev–Trinajstić information content (AvgIpc) is 2.01. The summed E-state index contributed by atoms with van der Waals surface area (Å²) < 4.78 is 10.2. The van der Waals surface area contributed by atoms with Gasteiger partial charge in [0.15, 0.2) is 0 Å². The Morgan fingerprint density at radius 3 is 2.91 bits per heavy atom. The van der Waals surface area contributed by atoms with Crippen LogP contribution in [0.25, 0.3) is 0 Å². The van der Waals surface area contributed by atoms with Gasteiger partial charge in [-0.3, -0.25) is 0 Å². The molecule has 0 saturated heterocycles. The van der Waals surface area contributed by atoms with Crippen LogP contribution in [0.15, 0.2) is 12.7 Å². The van der Waals surface area contributed by atoms with Crippen molar-refractivity contribution < 1.29 is 14.6 Å². The summed E-state index contributed by atoms with van der Waals surface area (Å²) in [4.78, 5) is 0. The van der Waals surface area contributed by atoms with Crippen molar-refractivity contribution in [3.63, 3.8) is 0 Å². The van der Waals surface area contributed by atoms with Gasteiger partial charge in [-0.1, -0.05) is 6.08 Å². The molecule has 3 heteroatoms. The van der Waals surface area contributed by atoms with Crippen LogP contribution in [0.3, 0.4) is 0 Å². The molecule has 0 amide bonds.